The van der Waals surface area contributed by atoms with E-state index in [1.165, 1.54) is 0 Å². The third-order valence-corrected chi connectivity index (χ3v) is 10.0. The normalized spacial score (nSPS) is 44.7. The number of ether oxygens (including phenoxy) is 2. The van der Waals surface area contributed by atoms with Crippen LogP contribution in [0.5, 0.6) is 0 Å². The molecule has 2 amide bonds. The molecule has 0 aromatic rings. The van der Waals surface area contributed by atoms with Crippen LogP contribution in [0.3, 0.4) is 0 Å². The second-order valence-electron chi connectivity index (χ2n) is 10.5. The van der Waals surface area contributed by atoms with Gasteiger partial charge in [0.25, 0.3) is 0 Å². The first kappa shape index (κ1) is 25.0. The summed E-state index contributed by atoms with van der Waals surface area (Å²) < 4.78 is 11.2. The molecule has 0 saturated carbocycles. The highest BCUT2D eigenvalue weighted by Crippen LogP contribution is 2.38. The van der Waals surface area contributed by atoms with E-state index in [-0.39, 0.29) is 58.6 Å². The number of thioether (sulfide) groups is 1. The zero-order valence-electron chi connectivity index (χ0n) is 20.0. The average molecular weight is 516 g/mol. The monoisotopic (exact) mass is 515 g/mol. The van der Waals surface area contributed by atoms with E-state index in [4.69, 9.17) is 21.1 Å². The summed E-state index contributed by atoms with van der Waals surface area (Å²) in [6.45, 7) is 6.23. The molecule has 5 aliphatic heterocycles. The molecule has 0 radical (unpaired) electrons. The van der Waals surface area contributed by atoms with Crippen LogP contribution in [0.2, 0.25) is 0 Å². The first-order valence-electron chi connectivity index (χ1n) is 12.6. The minimum absolute atomic E-state index is 0.0101. The fraction of sp³-hybridized carbons (Fsp3) is 0.913. The number of amides is 2. The van der Waals surface area contributed by atoms with Crippen molar-refractivity contribution in [1.29, 1.82) is 0 Å². The second-order valence-corrected chi connectivity index (χ2v) is 12.4. The number of methoxy groups -OCH3 is 1. The molecule has 0 aromatic carbocycles. The third-order valence-electron chi connectivity index (χ3n) is 8.32. The zero-order chi connectivity index (χ0) is 23.8. The number of alkyl halides is 1. The van der Waals surface area contributed by atoms with Gasteiger partial charge in [-0.2, -0.15) is 0 Å². The number of carbonyl (C=O) groups is 2. The minimum Gasteiger partial charge on any atom is -0.381 e. The van der Waals surface area contributed by atoms with E-state index in [1.54, 1.807) is 18.9 Å². The van der Waals surface area contributed by atoms with Crippen molar-refractivity contribution in [3.05, 3.63) is 0 Å². The van der Waals surface area contributed by atoms with Crippen LogP contribution in [0, 0.1) is 23.7 Å². The molecule has 0 bridgehead atoms. The Bertz CT molecular complexity index is 745. The van der Waals surface area contributed by atoms with Gasteiger partial charge in [0.05, 0.1) is 30.0 Å². The molecule has 11 heteroatoms. The van der Waals surface area contributed by atoms with Crippen molar-refractivity contribution in [1.82, 2.24) is 26.2 Å². The standard InChI is InChI=1S/C23H38ClN5O4S/c1-12-5-14(15-6-20(24)26-8-18(15)32-2)16(7-25-12)21(30)28-23-27-17-9-29(10-19(17)34-23)22(31)13-3-4-33-11-13/h12-20,23,25-27H,3-11H2,1-2H3,(H,28,30)/t12?,13-,14?,15?,16?,17?,18?,19?,20?,23?/m1/s1. The van der Waals surface area contributed by atoms with Gasteiger partial charge >= 0.3 is 0 Å². The maximum atomic E-state index is 13.5. The number of hydrogen-bond acceptors (Lipinski definition) is 8. The molecule has 5 heterocycles. The molecule has 9 unspecified atom stereocenters. The number of hydrogen-bond donors (Lipinski definition) is 4. The molecule has 9 nitrogen and oxygen atoms in total. The van der Waals surface area contributed by atoms with Gasteiger partial charge in [-0.3, -0.25) is 20.2 Å². The van der Waals surface area contributed by atoms with Gasteiger partial charge in [0.15, 0.2) is 0 Å². The molecule has 5 rings (SSSR count). The highest BCUT2D eigenvalue weighted by Gasteiger charge is 2.47. The zero-order valence-corrected chi connectivity index (χ0v) is 21.6. The third kappa shape index (κ3) is 5.23. The quantitative estimate of drug-likeness (QED) is 0.303. The molecule has 0 spiro atoms. The Hall–Kier alpha value is -0.620. The molecule has 4 N–H and O–H groups in total. The van der Waals surface area contributed by atoms with Crippen LogP contribution in [0.15, 0.2) is 0 Å². The minimum atomic E-state index is -0.124. The fourth-order valence-electron chi connectivity index (χ4n) is 6.43. The lowest BCUT2D eigenvalue weighted by molar-refractivity contribution is -0.134. The lowest BCUT2D eigenvalue weighted by Gasteiger charge is -2.45. The van der Waals surface area contributed by atoms with Gasteiger partial charge in [-0.1, -0.05) is 0 Å². The van der Waals surface area contributed by atoms with Gasteiger partial charge in [-0.15, -0.1) is 23.4 Å². The summed E-state index contributed by atoms with van der Waals surface area (Å²) in [5.41, 5.74) is -0.209. The Balaban J connectivity index is 1.17. The highest BCUT2D eigenvalue weighted by molar-refractivity contribution is 8.00. The number of piperidine rings is 2. The topological polar surface area (TPSA) is 104 Å². The van der Waals surface area contributed by atoms with Gasteiger partial charge in [-0.05, 0) is 38.0 Å². The van der Waals surface area contributed by atoms with Crippen LogP contribution in [0.4, 0.5) is 0 Å². The Labute approximate surface area is 211 Å². The maximum Gasteiger partial charge on any atom is 0.228 e. The molecule has 5 aliphatic rings. The average Bonchev–Trinajstić information content (AvgIpc) is 3.55. The van der Waals surface area contributed by atoms with Crippen LogP contribution < -0.4 is 21.3 Å². The largest absolute Gasteiger partial charge is 0.381 e. The van der Waals surface area contributed by atoms with Crippen molar-refractivity contribution in [3.63, 3.8) is 0 Å². The van der Waals surface area contributed by atoms with E-state index >= 15 is 0 Å². The van der Waals surface area contributed by atoms with Crippen LogP contribution in [0.25, 0.3) is 0 Å². The smallest absolute Gasteiger partial charge is 0.228 e. The number of rotatable bonds is 5. The summed E-state index contributed by atoms with van der Waals surface area (Å²) in [6.07, 6.45) is 2.63. The number of likely N-dealkylation sites (tertiary alicyclic amines) is 1. The summed E-state index contributed by atoms with van der Waals surface area (Å²) in [7, 11) is 1.75. The molecule has 0 aliphatic carbocycles. The molecule has 5 fully saturated rings. The first-order valence-corrected chi connectivity index (χ1v) is 14.0. The fourth-order valence-corrected chi connectivity index (χ4v) is 8.14. The summed E-state index contributed by atoms with van der Waals surface area (Å²) in [6, 6.07) is 0.573. The van der Waals surface area contributed by atoms with Gasteiger partial charge in [0, 0.05) is 57.2 Å². The lowest BCUT2D eigenvalue weighted by Crippen LogP contribution is -2.57. The van der Waals surface area contributed by atoms with Crippen molar-refractivity contribution < 1.29 is 19.1 Å². The second kappa shape index (κ2) is 10.8. The van der Waals surface area contributed by atoms with Gasteiger partial charge in [-0.25, -0.2) is 0 Å². The maximum absolute atomic E-state index is 13.5. The Morgan fingerprint density at radius 1 is 1.18 bits per heavy atom. The van der Waals surface area contributed by atoms with E-state index in [0.29, 0.717) is 44.1 Å². The molecule has 192 valence electrons. The Morgan fingerprint density at radius 2 is 2.03 bits per heavy atom. The molecular weight excluding hydrogens is 478 g/mol. The van der Waals surface area contributed by atoms with Crippen molar-refractivity contribution in [3.8, 4) is 0 Å². The predicted molar refractivity (Wildman–Crippen MR) is 131 cm³/mol. The van der Waals surface area contributed by atoms with Crippen LogP contribution >= 0.6 is 23.4 Å². The van der Waals surface area contributed by atoms with E-state index in [1.807, 2.05) is 4.90 Å². The molecule has 0 aromatic heterocycles. The number of carbonyl (C=O) groups excluding carboxylic acids is 2. The molecule has 34 heavy (non-hydrogen) atoms. The van der Waals surface area contributed by atoms with E-state index in [2.05, 4.69) is 28.2 Å². The molecular formula is C23H38ClN5O4S. The van der Waals surface area contributed by atoms with E-state index < -0.39 is 0 Å². The van der Waals surface area contributed by atoms with Crippen molar-refractivity contribution in [2.24, 2.45) is 23.7 Å². The highest BCUT2D eigenvalue weighted by atomic mass is 35.5. The first-order chi connectivity index (χ1) is 16.4. The van der Waals surface area contributed by atoms with Crippen LogP contribution in [0.1, 0.15) is 26.2 Å². The van der Waals surface area contributed by atoms with Gasteiger partial charge in [0.2, 0.25) is 11.8 Å². The van der Waals surface area contributed by atoms with Crippen LogP contribution in [-0.2, 0) is 19.1 Å². The Morgan fingerprint density at radius 3 is 2.76 bits per heavy atom. The molecule has 5 saturated heterocycles. The summed E-state index contributed by atoms with van der Waals surface area (Å²) in [4.78, 5) is 28.2. The lowest BCUT2D eigenvalue weighted by atomic mass is 9.70. The SMILES string of the molecule is COC1CNC(Cl)CC1C1CC(C)NCC1C(=O)NC1NC2CN(C(=O)[C@@H]3CCOC3)CC2S1. The van der Waals surface area contributed by atoms with Gasteiger partial charge in [0.1, 0.15) is 5.50 Å². The summed E-state index contributed by atoms with van der Waals surface area (Å²) in [5.74, 6) is 0.659. The van der Waals surface area contributed by atoms with Crippen molar-refractivity contribution in [2.75, 3.05) is 46.5 Å². The van der Waals surface area contributed by atoms with E-state index in [0.717, 1.165) is 25.8 Å². The molecule has 10 atom stereocenters. The number of fused-ring (bicyclic) bond motifs is 1. The summed E-state index contributed by atoms with van der Waals surface area (Å²) in [5, 5.41) is 13.9. The van der Waals surface area contributed by atoms with E-state index in [9.17, 15) is 9.59 Å². The van der Waals surface area contributed by atoms with Crippen LogP contribution in [-0.4, -0.2) is 97.7 Å². The number of nitrogens with zero attached hydrogens (tertiary/aromatic N) is 1. The Kier molecular flexibility index (Phi) is 7.94. The van der Waals surface area contributed by atoms with Crippen molar-refractivity contribution >= 4 is 35.2 Å². The number of nitrogens with one attached hydrogen (secondary N) is 4. The predicted octanol–water partition coefficient (Wildman–Crippen LogP) is 0.142. The van der Waals surface area contributed by atoms with Crippen molar-refractivity contribution in [2.45, 2.75) is 60.6 Å². The van der Waals surface area contributed by atoms with Gasteiger partial charge < -0.3 is 25.0 Å². The summed E-state index contributed by atoms with van der Waals surface area (Å²) >= 11 is 8.19. The number of halogens is 1.